The number of hydrogen-bond donors (Lipinski definition) is 2. The molecular weight excluding hydrogens is 278 g/mol. The van der Waals surface area contributed by atoms with Gasteiger partial charge in [0.2, 0.25) is 11.8 Å². The van der Waals surface area contributed by atoms with Crippen molar-refractivity contribution in [3.05, 3.63) is 0 Å². The van der Waals surface area contributed by atoms with E-state index in [0.29, 0.717) is 12.0 Å². The summed E-state index contributed by atoms with van der Waals surface area (Å²) in [5.41, 5.74) is 5.81. The molecule has 5 heteroatoms. The van der Waals surface area contributed by atoms with E-state index in [1.165, 1.54) is 32.1 Å². The number of nitrogens with one attached hydrogen (secondary N) is 1. The van der Waals surface area contributed by atoms with Gasteiger partial charge in [0, 0.05) is 12.6 Å². The average Bonchev–Trinajstić information content (AvgIpc) is 3.34. The van der Waals surface area contributed by atoms with E-state index in [4.69, 9.17) is 5.73 Å². The maximum atomic E-state index is 12.5. The topological polar surface area (TPSA) is 75.4 Å². The molecule has 3 N–H and O–H groups in total. The van der Waals surface area contributed by atoms with Crippen LogP contribution in [0.5, 0.6) is 0 Å². The first-order chi connectivity index (χ1) is 10.5. The van der Waals surface area contributed by atoms with Crippen LogP contribution in [0.25, 0.3) is 0 Å². The molecule has 0 spiro atoms. The lowest BCUT2D eigenvalue weighted by molar-refractivity contribution is -0.134. The largest absolute Gasteiger partial charge is 0.346 e. The van der Waals surface area contributed by atoms with Gasteiger partial charge in [-0.25, -0.2) is 0 Å². The minimum Gasteiger partial charge on any atom is -0.346 e. The fourth-order valence-electron chi connectivity index (χ4n) is 3.17. The van der Waals surface area contributed by atoms with Crippen LogP contribution >= 0.6 is 0 Å². The second-order valence-electron chi connectivity index (χ2n) is 7.27. The van der Waals surface area contributed by atoms with Gasteiger partial charge in [-0.3, -0.25) is 9.59 Å². The third-order valence-electron chi connectivity index (χ3n) is 4.92. The van der Waals surface area contributed by atoms with Gasteiger partial charge in [0.15, 0.2) is 0 Å². The van der Waals surface area contributed by atoms with Crippen molar-refractivity contribution in [2.45, 2.75) is 70.9 Å². The second kappa shape index (κ2) is 7.95. The summed E-state index contributed by atoms with van der Waals surface area (Å²) in [6.45, 7) is 4.77. The van der Waals surface area contributed by atoms with E-state index in [1.807, 2.05) is 18.7 Å². The molecule has 126 valence electrons. The number of carbonyl (C=O) groups is 2. The van der Waals surface area contributed by atoms with Crippen LogP contribution < -0.4 is 11.1 Å². The molecule has 5 nitrogen and oxygen atoms in total. The van der Waals surface area contributed by atoms with Crippen LogP contribution in [0.4, 0.5) is 0 Å². The van der Waals surface area contributed by atoms with Gasteiger partial charge < -0.3 is 16.0 Å². The van der Waals surface area contributed by atoms with E-state index in [1.54, 1.807) is 0 Å². The van der Waals surface area contributed by atoms with Crippen LogP contribution in [0, 0.1) is 11.8 Å². The highest BCUT2D eigenvalue weighted by Crippen LogP contribution is 2.31. The lowest BCUT2D eigenvalue weighted by Gasteiger charge is -2.30. The summed E-state index contributed by atoms with van der Waals surface area (Å²) in [5, 5.41) is 2.71. The Bertz CT molecular complexity index is 387. The molecule has 0 aromatic rings. The first kappa shape index (κ1) is 17.3. The zero-order chi connectivity index (χ0) is 16.1. The first-order valence-electron chi connectivity index (χ1n) is 8.81. The van der Waals surface area contributed by atoms with Crippen LogP contribution in [-0.4, -0.2) is 41.9 Å². The lowest BCUT2D eigenvalue weighted by Crippen LogP contribution is -2.49. The number of carbonyl (C=O) groups excluding carboxylic acids is 2. The number of amides is 2. The van der Waals surface area contributed by atoms with Gasteiger partial charge in [0.1, 0.15) is 0 Å². The molecule has 0 heterocycles. The van der Waals surface area contributed by atoms with Gasteiger partial charge in [-0.1, -0.05) is 33.1 Å². The number of hydrogen-bond acceptors (Lipinski definition) is 3. The van der Waals surface area contributed by atoms with E-state index in [-0.39, 0.29) is 24.3 Å². The maximum absolute atomic E-state index is 12.5. The van der Waals surface area contributed by atoms with Crippen molar-refractivity contribution in [3.63, 3.8) is 0 Å². The SMILES string of the molecule is CC(C)[C@H](N)C(=O)NCC(=O)N(CC1CCCCC1)C1CC1. The Morgan fingerprint density at radius 1 is 1.14 bits per heavy atom. The van der Waals surface area contributed by atoms with Crippen LogP contribution in [-0.2, 0) is 9.59 Å². The predicted octanol–water partition coefficient (Wildman–Crippen LogP) is 1.66. The van der Waals surface area contributed by atoms with Crippen molar-refractivity contribution < 1.29 is 9.59 Å². The van der Waals surface area contributed by atoms with Gasteiger partial charge in [-0.2, -0.15) is 0 Å². The Balaban J connectivity index is 1.80. The minimum absolute atomic E-state index is 0.0531. The molecule has 2 amide bonds. The summed E-state index contributed by atoms with van der Waals surface area (Å²) < 4.78 is 0. The number of rotatable bonds is 7. The summed E-state index contributed by atoms with van der Waals surface area (Å²) in [6.07, 6.45) is 8.60. The molecule has 1 atom stereocenters. The molecule has 0 aliphatic heterocycles. The molecule has 2 rings (SSSR count). The van der Waals surface area contributed by atoms with Crippen molar-refractivity contribution >= 4 is 11.8 Å². The van der Waals surface area contributed by atoms with E-state index >= 15 is 0 Å². The fraction of sp³-hybridized carbons (Fsp3) is 0.882. The van der Waals surface area contributed by atoms with E-state index in [0.717, 1.165) is 19.4 Å². The molecule has 0 aromatic heterocycles. The third kappa shape index (κ3) is 4.97. The highest BCUT2D eigenvalue weighted by molar-refractivity contribution is 5.87. The van der Waals surface area contributed by atoms with Gasteiger partial charge in [-0.05, 0) is 37.5 Å². The molecule has 0 bridgehead atoms. The van der Waals surface area contributed by atoms with Gasteiger partial charge in [0.25, 0.3) is 0 Å². The van der Waals surface area contributed by atoms with Crippen molar-refractivity contribution in [1.29, 1.82) is 0 Å². The van der Waals surface area contributed by atoms with Crippen molar-refractivity contribution in [3.8, 4) is 0 Å². The van der Waals surface area contributed by atoms with E-state index in [2.05, 4.69) is 5.32 Å². The van der Waals surface area contributed by atoms with Crippen LogP contribution in [0.15, 0.2) is 0 Å². The van der Waals surface area contributed by atoms with E-state index < -0.39 is 6.04 Å². The summed E-state index contributed by atoms with van der Waals surface area (Å²) in [5.74, 6) is 0.554. The molecule has 2 aliphatic carbocycles. The average molecular weight is 309 g/mol. The predicted molar refractivity (Wildman–Crippen MR) is 87.1 cm³/mol. The Morgan fingerprint density at radius 3 is 2.32 bits per heavy atom. The zero-order valence-corrected chi connectivity index (χ0v) is 14.0. The molecule has 0 radical (unpaired) electrons. The summed E-state index contributed by atoms with van der Waals surface area (Å²) in [6, 6.07) is -0.134. The van der Waals surface area contributed by atoms with Gasteiger partial charge in [-0.15, -0.1) is 0 Å². The van der Waals surface area contributed by atoms with Crippen LogP contribution in [0.1, 0.15) is 58.8 Å². The van der Waals surface area contributed by atoms with Gasteiger partial charge >= 0.3 is 0 Å². The number of nitrogens with two attached hydrogens (primary N) is 1. The lowest BCUT2D eigenvalue weighted by atomic mass is 9.89. The molecule has 22 heavy (non-hydrogen) atoms. The quantitative estimate of drug-likeness (QED) is 0.751. The second-order valence-corrected chi connectivity index (χ2v) is 7.27. The highest BCUT2D eigenvalue weighted by atomic mass is 16.2. The highest BCUT2D eigenvalue weighted by Gasteiger charge is 2.34. The van der Waals surface area contributed by atoms with Crippen LogP contribution in [0.3, 0.4) is 0 Å². The minimum atomic E-state index is -0.541. The monoisotopic (exact) mass is 309 g/mol. The molecule has 0 saturated heterocycles. The van der Waals surface area contributed by atoms with Crippen molar-refractivity contribution in [2.75, 3.05) is 13.1 Å². The van der Waals surface area contributed by atoms with E-state index in [9.17, 15) is 9.59 Å². The molecule has 2 fully saturated rings. The molecular formula is C17H31N3O2. The molecule has 2 aliphatic rings. The number of nitrogens with zero attached hydrogens (tertiary/aromatic N) is 1. The summed E-state index contributed by atoms with van der Waals surface area (Å²) >= 11 is 0. The van der Waals surface area contributed by atoms with Crippen LogP contribution in [0.2, 0.25) is 0 Å². The molecule has 0 aromatic carbocycles. The van der Waals surface area contributed by atoms with Crippen molar-refractivity contribution in [1.82, 2.24) is 10.2 Å². The Hall–Kier alpha value is -1.10. The molecule has 0 unspecified atom stereocenters. The zero-order valence-electron chi connectivity index (χ0n) is 14.0. The van der Waals surface area contributed by atoms with Gasteiger partial charge in [0.05, 0.1) is 12.6 Å². The smallest absolute Gasteiger partial charge is 0.242 e. The molecule has 2 saturated carbocycles. The maximum Gasteiger partial charge on any atom is 0.242 e. The summed E-state index contributed by atoms with van der Waals surface area (Å²) in [4.78, 5) is 26.4. The normalized spacial score (nSPS) is 20.7. The summed E-state index contributed by atoms with van der Waals surface area (Å²) in [7, 11) is 0. The first-order valence-corrected chi connectivity index (χ1v) is 8.81. The Labute approximate surface area is 134 Å². The Kier molecular flexibility index (Phi) is 6.24. The third-order valence-corrected chi connectivity index (χ3v) is 4.92. The fourth-order valence-corrected chi connectivity index (χ4v) is 3.17. The standard InChI is InChI=1S/C17H31N3O2/c1-12(2)16(18)17(22)19-10-15(21)20(14-8-9-14)11-13-6-4-3-5-7-13/h12-14,16H,3-11,18H2,1-2H3,(H,19,22)/t16-/m0/s1. The van der Waals surface area contributed by atoms with Crippen molar-refractivity contribution in [2.24, 2.45) is 17.6 Å². The Morgan fingerprint density at radius 2 is 1.77 bits per heavy atom.